The summed E-state index contributed by atoms with van der Waals surface area (Å²) in [5.41, 5.74) is 1.10. The van der Waals surface area contributed by atoms with E-state index in [9.17, 15) is 9.90 Å². The van der Waals surface area contributed by atoms with Crippen LogP contribution in [-0.2, 0) is 0 Å². The third kappa shape index (κ3) is 3.52. The van der Waals surface area contributed by atoms with Gasteiger partial charge >= 0.3 is 0 Å². The zero-order valence-electron chi connectivity index (χ0n) is 15.5. The Morgan fingerprint density at radius 2 is 1.89 bits per heavy atom. The molecule has 27 heavy (non-hydrogen) atoms. The average Bonchev–Trinajstić information content (AvgIpc) is 3.37. The average molecular weight is 371 g/mol. The first-order valence-electron chi connectivity index (χ1n) is 9.30. The Kier molecular flexibility index (Phi) is 5.05. The fourth-order valence-electron chi connectivity index (χ4n) is 4.04. The molecule has 0 radical (unpaired) electrons. The first-order valence-corrected chi connectivity index (χ1v) is 9.30. The molecule has 0 spiro atoms. The number of ether oxygens (including phenoxy) is 1. The molecule has 144 valence electrons. The van der Waals surface area contributed by atoms with Crippen molar-refractivity contribution in [3.05, 3.63) is 48.4 Å². The Labute approximate surface area is 158 Å². The Bertz CT molecular complexity index is 771. The number of methoxy groups -OCH3 is 1. The molecule has 0 aliphatic carbocycles. The third-order valence-electron chi connectivity index (χ3n) is 5.49. The van der Waals surface area contributed by atoms with Gasteiger partial charge in [-0.2, -0.15) is 0 Å². The van der Waals surface area contributed by atoms with Crippen molar-refractivity contribution in [2.45, 2.75) is 12.1 Å². The number of para-hydroxylation sites is 2. The summed E-state index contributed by atoms with van der Waals surface area (Å²) in [6.45, 7) is 4.25. The van der Waals surface area contributed by atoms with Gasteiger partial charge in [0.15, 0.2) is 5.76 Å². The molecular formula is C20H25N3O4. The predicted octanol–water partition coefficient (Wildman–Crippen LogP) is 1.30. The molecule has 7 nitrogen and oxygen atoms in total. The van der Waals surface area contributed by atoms with Crippen LogP contribution in [0, 0.1) is 0 Å². The van der Waals surface area contributed by atoms with Gasteiger partial charge in [0.25, 0.3) is 5.91 Å². The lowest BCUT2D eigenvalue weighted by Crippen LogP contribution is -2.53. The molecule has 2 atom stereocenters. The molecule has 1 N–H and O–H groups in total. The maximum Gasteiger partial charge on any atom is 0.289 e. The fourth-order valence-corrected chi connectivity index (χ4v) is 4.04. The van der Waals surface area contributed by atoms with Crippen LogP contribution in [0.3, 0.4) is 0 Å². The number of aliphatic hydroxyl groups is 1. The van der Waals surface area contributed by atoms with Gasteiger partial charge in [-0.25, -0.2) is 0 Å². The molecule has 2 aromatic rings. The SMILES string of the molecule is COc1ccccc1N1CCN([C@@H]2CN(C(=O)c3ccco3)C[C@H]2O)CC1. The molecule has 0 saturated carbocycles. The number of amides is 1. The predicted molar refractivity (Wildman–Crippen MR) is 101 cm³/mol. The molecule has 1 aromatic carbocycles. The van der Waals surface area contributed by atoms with Crippen LogP contribution in [0.2, 0.25) is 0 Å². The highest BCUT2D eigenvalue weighted by atomic mass is 16.5. The van der Waals surface area contributed by atoms with Gasteiger partial charge in [0.1, 0.15) is 5.75 Å². The summed E-state index contributed by atoms with van der Waals surface area (Å²) in [5, 5.41) is 10.5. The van der Waals surface area contributed by atoms with E-state index in [0.29, 0.717) is 18.8 Å². The molecular weight excluding hydrogens is 346 g/mol. The van der Waals surface area contributed by atoms with Crippen LogP contribution in [0.5, 0.6) is 5.75 Å². The highest BCUT2D eigenvalue weighted by Crippen LogP contribution is 2.29. The molecule has 3 heterocycles. The van der Waals surface area contributed by atoms with E-state index in [0.717, 1.165) is 37.6 Å². The summed E-state index contributed by atoms with van der Waals surface area (Å²) in [5.74, 6) is 1.04. The van der Waals surface area contributed by atoms with E-state index in [2.05, 4.69) is 15.9 Å². The Morgan fingerprint density at radius 1 is 1.11 bits per heavy atom. The number of hydrogen-bond acceptors (Lipinski definition) is 6. The number of furan rings is 1. The van der Waals surface area contributed by atoms with E-state index >= 15 is 0 Å². The minimum Gasteiger partial charge on any atom is -0.495 e. The second-order valence-corrected chi connectivity index (χ2v) is 7.02. The minimum atomic E-state index is -0.540. The van der Waals surface area contributed by atoms with Crippen LogP contribution < -0.4 is 9.64 Å². The molecule has 7 heteroatoms. The lowest BCUT2D eigenvalue weighted by molar-refractivity contribution is 0.0729. The molecule has 2 saturated heterocycles. The van der Waals surface area contributed by atoms with Gasteiger partial charge in [0.05, 0.1) is 31.2 Å². The highest BCUT2D eigenvalue weighted by molar-refractivity contribution is 5.91. The number of nitrogens with zero attached hydrogens (tertiary/aromatic N) is 3. The first-order chi connectivity index (χ1) is 13.2. The summed E-state index contributed by atoms with van der Waals surface area (Å²) in [7, 11) is 1.69. The molecule has 1 amide bonds. The van der Waals surface area contributed by atoms with Crippen molar-refractivity contribution in [1.29, 1.82) is 0 Å². The van der Waals surface area contributed by atoms with Crippen molar-refractivity contribution in [1.82, 2.24) is 9.80 Å². The maximum atomic E-state index is 12.5. The monoisotopic (exact) mass is 371 g/mol. The Morgan fingerprint density at radius 3 is 2.59 bits per heavy atom. The number of likely N-dealkylation sites (tertiary alicyclic amines) is 1. The summed E-state index contributed by atoms with van der Waals surface area (Å²) < 4.78 is 10.7. The van der Waals surface area contributed by atoms with E-state index < -0.39 is 6.10 Å². The normalized spacial score (nSPS) is 23.6. The van der Waals surface area contributed by atoms with E-state index in [1.54, 1.807) is 24.1 Å². The lowest BCUT2D eigenvalue weighted by atomic mass is 10.1. The van der Waals surface area contributed by atoms with Crippen LogP contribution >= 0.6 is 0 Å². The number of hydrogen-bond donors (Lipinski definition) is 1. The topological polar surface area (TPSA) is 69.4 Å². The van der Waals surface area contributed by atoms with Crippen molar-refractivity contribution < 1.29 is 19.1 Å². The zero-order chi connectivity index (χ0) is 18.8. The minimum absolute atomic E-state index is 0.0382. The van der Waals surface area contributed by atoms with Gasteiger partial charge < -0.3 is 24.1 Å². The maximum absolute atomic E-state index is 12.5. The summed E-state index contributed by atoms with van der Waals surface area (Å²) >= 11 is 0. The van der Waals surface area contributed by atoms with Gasteiger partial charge in [-0.15, -0.1) is 0 Å². The number of benzene rings is 1. The second-order valence-electron chi connectivity index (χ2n) is 7.02. The molecule has 4 rings (SSSR count). The summed E-state index contributed by atoms with van der Waals surface area (Å²) in [6, 6.07) is 11.4. The lowest BCUT2D eigenvalue weighted by Gasteiger charge is -2.40. The fraction of sp³-hybridized carbons (Fsp3) is 0.450. The standard InChI is InChI=1S/C20H25N3O4/c1-26-18-6-3-2-5-15(18)21-8-10-22(11-9-21)16-13-23(14-17(16)24)20(25)19-7-4-12-27-19/h2-7,12,16-17,24H,8-11,13-14H2,1H3/t16-,17-/m1/s1. The van der Waals surface area contributed by atoms with Crippen molar-refractivity contribution in [2.75, 3.05) is 51.3 Å². The number of rotatable bonds is 4. The van der Waals surface area contributed by atoms with Gasteiger partial charge in [0.2, 0.25) is 0 Å². The van der Waals surface area contributed by atoms with Crippen molar-refractivity contribution in [3.8, 4) is 5.75 Å². The van der Waals surface area contributed by atoms with Crippen LogP contribution in [0.1, 0.15) is 10.6 Å². The molecule has 2 aliphatic rings. The number of β-amino-alcohol motifs (C(OH)–C–C–N with tert-alkyl or cyclic N) is 1. The largest absolute Gasteiger partial charge is 0.495 e. The molecule has 0 unspecified atom stereocenters. The van der Waals surface area contributed by atoms with Gasteiger partial charge in [0, 0.05) is 39.3 Å². The summed E-state index contributed by atoms with van der Waals surface area (Å²) in [6.07, 6.45) is 0.954. The third-order valence-corrected chi connectivity index (χ3v) is 5.49. The zero-order valence-corrected chi connectivity index (χ0v) is 15.5. The number of piperazine rings is 1. The van der Waals surface area contributed by atoms with Crippen LogP contribution in [0.15, 0.2) is 47.1 Å². The van der Waals surface area contributed by atoms with E-state index in [1.807, 2.05) is 18.2 Å². The van der Waals surface area contributed by atoms with Crippen LogP contribution in [-0.4, -0.2) is 79.3 Å². The quantitative estimate of drug-likeness (QED) is 0.874. The molecule has 2 aliphatic heterocycles. The Balaban J connectivity index is 1.37. The van der Waals surface area contributed by atoms with Crippen molar-refractivity contribution in [3.63, 3.8) is 0 Å². The van der Waals surface area contributed by atoms with Gasteiger partial charge in [-0.3, -0.25) is 9.69 Å². The van der Waals surface area contributed by atoms with Gasteiger partial charge in [-0.1, -0.05) is 12.1 Å². The van der Waals surface area contributed by atoms with Crippen LogP contribution in [0.4, 0.5) is 5.69 Å². The van der Waals surface area contributed by atoms with E-state index in [4.69, 9.17) is 9.15 Å². The highest BCUT2D eigenvalue weighted by Gasteiger charge is 2.39. The second kappa shape index (κ2) is 7.62. The molecule has 0 bridgehead atoms. The van der Waals surface area contributed by atoms with Crippen molar-refractivity contribution >= 4 is 11.6 Å². The number of carbonyl (C=O) groups excluding carboxylic acids is 1. The number of anilines is 1. The first kappa shape index (κ1) is 17.9. The smallest absolute Gasteiger partial charge is 0.289 e. The van der Waals surface area contributed by atoms with E-state index in [-0.39, 0.29) is 11.9 Å². The van der Waals surface area contributed by atoms with Crippen LogP contribution in [0.25, 0.3) is 0 Å². The van der Waals surface area contributed by atoms with Crippen molar-refractivity contribution in [2.24, 2.45) is 0 Å². The van der Waals surface area contributed by atoms with E-state index in [1.165, 1.54) is 6.26 Å². The summed E-state index contributed by atoms with van der Waals surface area (Å²) in [4.78, 5) is 18.7. The molecule has 1 aromatic heterocycles. The molecule has 2 fully saturated rings. The Hall–Kier alpha value is -2.51. The number of aliphatic hydroxyl groups excluding tert-OH is 1. The van der Waals surface area contributed by atoms with Gasteiger partial charge in [-0.05, 0) is 24.3 Å². The number of carbonyl (C=O) groups is 1.